The van der Waals surface area contributed by atoms with Gasteiger partial charge in [0.1, 0.15) is 0 Å². The zero-order valence-electron chi connectivity index (χ0n) is 12.7. The van der Waals surface area contributed by atoms with E-state index in [1.807, 2.05) is 7.11 Å². The topological polar surface area (TPSA) is 21.3 Å². The molecule has 1 saturated carbocycles. The Kier molecular flexibility index (Phi) is 8.70. The van der Waals surface area contributed by atoms with Crippen LogP contribution in [0, 0.1) is 11.8 Å². The van der Waals surface area contributed by atoms with Gasteiger partial charge in [-0.05, 0) is 50.5 Å². The summed E-state index contributed by atoms with van der Waals surface area (Å²) in [6, 6.07) is 0.731. The minimum Gasteiger partial charge on any atom is -0.385 e. The molecule has 0 spiro atoms. The molecule has 108 valence electrons. The van der Waals surface area contributed by atoms with Crippen molar-refractivity contribution >= 4 is 0 Å². The molecular weight excluding hydrogens is 222 g/mol. The third-order valence-corrected chi connectivity index (χ3v) is 4.49. The molecule has 1 rings (SSSR count). The summed E-state index contributed by atoms with van der Waals surface area (Å²) in [4.78, 5) is 0. The van der Waals surface area contributed by atoms with Crippen LogP contribution in [0.3, 0.4) is 0 Å². The van der Waals surface area contributed by atoms with Gasteiger partial charge in [-0.3, -0.25) is 0 Å². The molecule has 0 bridgehead atoms. The van der Waals surface area contributed by atoms with E-state index in [1.165, 1.54) is 57.9 Å². The predicted octanol–water partition coefficient (Wildman–Crippen LogP) is 4.00. The maximum absolute atomic E-state index is 5.20. The van der Waals surface area contributed by atoms with Crippen LogP contribution < -0.4 is 5.32 Å². The van der Waals surface area contributed by atoms with Crippen LogP contribution in [-0.2, 0) is 4.74 Å². The Labute approximate surface area is 114 Å². The first-order chi connectivity index (χ1) is 8.81. The molecule has 2 nitrogen and oxygen atoms in total. The molecule has 0 saturated heterocycles. The second kappa shape index (κ2) is 9.80. The molecule has 0 heterocycles. The Bertz CT molecular complexity index is 196. The molecule has 0 aliphatic heterocycles. The molecule has 1 aliphatic rings. The van der Waals surface area contributed by atoms with Crippen molar-refractivity contribution in [3.8, 4) is 0 Å². The van der Waals surface area contributed by atoms with Crippen LogP contribution in [0.1, 0.15) is 65.2 Å². The molecule has 18 heavy (non-hydrogen) atoms. The largest absolute Gasteiger partial charge is 0.385 e. The number of methoxy groups -OCH3 is 1. The maximum atomic E-state index is 5.20. The lowest BCUT2D eigenvalue weighted by Gasteiger charge is -2.35. The highest BCUT2D eigenvalue weighted by Gasteiger charge is 2.26. The summed E-state index contributed by atoms with van der Waals surface area (Å²) in [6.07, 6.45) is 10.9. The first-order valence-electron chi connectivity index (χ1n) is 8.04. The van der Waals surface area contributed by atoms with Crippen LogP contribution in [0.25, 0.3) is 0 Å². The molecule has 0 aromatic carbocycles. The van der Waals surface area contributed by atoms with Crippen molar-refractivity contribution < 1.29 is 4.74 Å². The van der Waals surface area contributed by atoms with Crippen molar-refractivity contribution in [2.24, 2.45) is 11.8 Å². The van der Waals surface area contributed by atoms with Gasteiger partial charge in [0.25, 0.3) is 0 Å². The minimum atomic E-state index is 0.731. The van der Waals surface area contributed by atoms with Gasteiger partial charge in [0.05, 0.1) is 0 Å². The molecule has 1 N–H and O–H groups in total. The van der Waals surface area contributed by atoms with Crippen molar-refractivity contribution in [2.75, 3.05) is 20.3 Å². The average Bonchev–Trinajstić information content (AvgIpc) is 2.42. The van der Waals surface area contributed by atoms with Gasteiger partial charge in [-0.15, -0.1) is 0 Å². The normalized spacial score (nSPS) is 26.2. The third-order valence-electron chi connectivity index (χ3n) is 4.49. The van der Waals surface area contributed by atoms with Gasteiger partial charge in [-0.2, -0.15) is 0 Å². The first kappa shape index (κ1) is 16.0. The molecule has 0 aromatic rings. The summed E-state index contributed by atoms with van der Waals surface area (Å²) in [6.45, 7) is 6.69. The smallest absolute Gasteiger partial charge is 0.0462 e. The number of ether oxygens (including phenoxy) is 1. The summed E-state index contributed by atoms with van der Waals surface area (Å²) < 4.78 is 5.20. The summed E-state index contributed by atoms with van der Waals surface area (Å²) in [5.41, 5.74) is 0. The summed E-state index contributed by atoms with van der Waals surface area (Å²) >= 11 is 0. The highest BCUT2D eigenvalue weighted by Crippen LogP contribution is 2.34. The molecule has 3 atom stereocenters. The number of hydrogen-bond acceptors (Lipinski definition) is 2. The van der Waals surface area contributed by atoms with E-state index in [1.54, 1.807) is 0 Å². The molecule has 0 radical (unpaired) electrons. The van der Waals surface area contributed by atoms with Gasteiger partial charge in [-0.1, -0.05) is 33.1 Å². The number of nitrogens with one attached hydrogen (secondary N) is 1. The van der Waals surface area contributed by atoms with Gasteiger partial charge in [-0.25, -0.2) is 0 Å². The van der Waals surface area contributed by atoms with Crippen LogP contribution in [0.5, 0.6) is 0 Å². The van der Waals surface area contributed by atoms with E-state index in [0.29, 0.717) is 0 Å². The minimum absolute atomic E-state index is 0.731. The van der Waals surface area contributed by atoms with Gasteiger partial charge >= 0.3 is 0 Å². The Morgan fingerprint density at radius 1 is 1.28 bits per heavy atom. The number of hydrogen-bond donors (Lipinski definition) is 1. The van der Waals surface area contributed by atoms with Crippen LogP contribution in [0.4, 0.5) is 0 Å². The Morgan fingerprint density at radius 3 is 2.78 bits per heavy atom. The Balaban J connectivity index is 2.40. The summed E-state index contributed by atoms with van der Waals surface area (Å²) in [7, 11) is 1.81. The van der Waals surface area contributed by atoms with Crippen molar-refractivity contribution in [1.29, 1.82) is 0 Å². The molecule has 2 heteroatoms. The van der Waals surface area contributed by atoms with Crippen molar-refractivity contribution in [2.45, 2.75) is 71.3 Å². The average molecular weight is 255 g/mol. The van der Waals surface area contributed by atoms with Crippen LogP contribution in [-0.4, -0.2) is 26.3 Å². The summed E-state index contributed by atoms with van der Waals surface area (Å²) in [5.74, 6) is 1.89. The predicted molar refractivity (Wildman–Crippen MR) is 78.9 cm³/mol. The SMILES string of the molecule is CCCNC(CCCOC)C1CCCC(CC)C1. The number of rotatable bonds is 9. The lowest BCUT2D eigenvalue weighted by molar-refractivity contribution is 0.166. The van der Waals surface area contributed by atoms with Crippen LogP contribution in [0.2, 0.25) is 0 Å². The molecular formula is C16H33NO. The highest BCUT2D eigenvalue weighted by molar-refractivity contribution is 4.82. The summed E-state index contributed by atoms with van der Waals surface area (Å²) in [5, 5.41) is 3.79. The van der Waals surface area contributed by atoms with E-state index in [-0.39, 0.29) is 0 Å². The van der Waals surface area contributed by atoms with E-state index in [0.717, 1.165) is 24.5 Å². The fourth-order valence-electron chi connectivity index (χ4n) is 3.35. The van der Waals surface area contributed by atoms with Crippen molar-refractivity contribution in [3.63, 3.8) is 0 Å². The van der Waals surface area contributed by atoms with Crippen molar-refractivity contribution in [1.82, 2.24) is 5.32 Å². The lowest BCUT2D eigenvalue weighted by Crippen LogP contribution is -2.39. The fourth-order valence-corrected chi connectivity index (χ4v) is 3.35. The van der Waals surface area contributed by atoms with Crippen LogP contribution >= 0.6 is 0 Å². The lowest BCUT2D eigenvalue weighted by atomic mass is 9.76. The van der Waals surface area contributed by atoms with E-state index >= 15 is 0 Å². The highest BCUT2D eigenvalue weighted by atomic mass is 16.5. The zero-order valence-corrected chi connectivity index (χ0v) is 12.7. The molecule has 3 unspecified atom stereocenters. The van der Waals surface area contributed by atoms with Crippen molar-refractivity contribution in [3.05, 3.63) is 0 Å². The van der Waals surface area contributed by atoms with E-state index in [9.17, 15) is 0 Å². The maximum Gasteiger partial charge on any atom is 0.0462 e. The molecule has 1 fully saturated rings. The Morgan fingerprint density at radius 2 is 2.11 bits per heavy atom. The quantitative estimate of drug-likeness (QED) is 0.629. The van der Waals surface area contributed by atoms with Gasteiger partial charge in [0, 0.05) is 19.8 Å². The molecule has 0 aromatic heterocycles. The zero-order chi connectivity index (χ0) is 13.2. The van der Waals surface area contributed by atoms with E-state index in [4.69, 9.17) is 4.74 Å². The Hall–Kier alpha value is -0.0800. The standard InChI is InChI=1S/C16H33NO/c1-4-11-17-16(10-7-12-18-3)15-9-6-8-14(5-2)13-15/h14-17H,4-13H2,1-3H3. The van der Waals surface area contributed by atoms with Gasteiger partial charge in [0.2, 0.25) is 0 Å². The van der Waals surface area contributed by atoms with E-state index in [2.05, 4.69) is 19.2 Å². The first-order valence-corrected chi connectivity index (χ1v) is 8.04. The monoisotopic (exact) mass is 255 g/mol. The molecule has 0 amide bonds. The van der Waals surface area contributed by atoms with E-state index < -0.39 is 0 Å². The van der Waals surface area contributed by atoms with Gasteiger partial charge < -0.3 is 10.1 Å². The second-order valence-corrected chi connectivity index (χ2v) is 5.90. The van der Waals surface area contributed by atoms with Crippen LogP contribution in [0.15, 0.2) is 0 Å². The second-order valence-electron chi connectivity index (χ2n) is 5.90. The fraction of sp³-hybridized carbons (Fsp3) is 1.00. The molecule has 1 aliphatic carbocycles. The van der Waals surface area contributed by atoms with Gasteiger partial charge in [0.15, 0.2) is 0 Å². The third kappa shape index (κ3) is 5.71.